The molecule has 6 heterocycles. The molecular weight excluding hydrogens is 973 g/mol. The molecule has 0 N–H and O–H groups in total. The largest absolute Gasteiger partial charge is 0.309 e. The van der Waals surface area contributed by atoms with Crippen LogP contribution in [0.15, 0.2) is 291 Å². The summed E-state index contributed by atoms with van der Waals surface area (Å²) in [5.41, 5.74) is 18.3. The average Bonchev–Trinajstić information content (AvgIpc) is 4.40. The fourth-order valence-corrected chi connectivity index (χ4v) is 12.8. The predicted molar refractivity (Wildman–Crippen MR) is 334 cm³/mol. The Balaban J connectivity index is 0.000000133. The van der Waals surface area contributed by atoms with Crippen LogP contribution in [-0.4, -0.2) is 28.2 Å². The van der Waals surface area contributed by atoms with E-state index >= 15 is 0 Å². The third kappa shape index (κ3) is 6.99. The van der Waals surface area contributed by atoms with Crippen LogP contribution in [0.1, 0.15) is 0 Å². The standard InChI is InChI=1S/C39H25N3.C35H23N3/c1-2-13-28(14-3-1)41-34-19-9-7-16-31(34)38-36(41)23-24-40-39(38)32-17-10-20-35-37(32)30-15-6-8-18-33(30)42(35)29-22-21-26-11-4-5-12-27(26)25-29;1-3-12-24(13-4-1)37-29-19-9-7-16-26(29)33-28(18-11-21-31(33)37)35-34-27-17-8-10-20-30(27)38(32(34)22-23-36-35)25-14-5-2-6-15-25/h1-25H;1-23H. The SMILES string of the molecule is c1ccc(-n2c3ccccc3c3c(-c4cccc5c4c4ccccc4n5-c4ccc5ccccc5c4)nccc32)cc1.c1ccc(-n2c3ccccc3c3c(-c4nccc5c4c4ccccc4n5-c4ccccc4)cccc32)cc1. The molecule has 6 heteroatoms. The molecule has 0 fully saturated rings. The van der Waals surface area contributed by atoms with Crippen molar-refractivity contribution >= 4 is 98.0 Å². The normalized spacial score (nSPS) is 11.8. The first-order chi connectivity index (χ1) is 39.8. The van der Waals surface area contributed by atoms with Gasteiger partial charge in [0.05, 0.1) is 55.5 Å². The summed E-state index contributed by atoms with van der Waals surface area (Å²) in [5, 5.41) is 12.1. The minimum atomic E-state index is 1.00. The zero-order valence-corrected chi connectivity index (χ0v) is 43.4. The van der Waals surface area contributed by atoms with E-state index in [1.165, 1.54) is 87.0 Å². The van der Waals surface area contributed by atoms with Crippen molar-refractivity contribution in [3.8, 4) is 45.3 Å². The molecule has 11 aromatic carbocycles. The van der Waals surface area contributed by atoms with E-state index in [-0.39, 0.29) is 0 Å². The van der Waals surface area contributed by atoms with Crippen molar-refractivity contribution in [3.63, 3.8) is 0 Å². The fourth-order valence-electron chi connectivity index (χ4n) is 12.8. The molecule has 0 atom stereocenters. The van der Waals surface area contributed by atoms with Gasteiger partial charge in [-0.3, -0.25) is 9.97 Å². The molecule has 0 aliphatic heterocycles. The minimum absolute atomic E-state index is 1.00. The van der Waals surface area contributed by atoms with E-state index < -0.39 is 0 Å². The molecular formula is C74H48N6. The number of hydrogen-bond acceptors (Lipinski definition) is 2. The fraction of sp³-hybridized carbons (Fsp3) is 0. The van der Waals surface area contributed by atoms with Gasteiger partial charge in [-0.1, -0.05) is 182 Å². The van der Waals surface area contributed by atoms with Crippen molar-refractivity contribution in [2.24, 2.45) is 0 Å². The smallest absolute Gasteiger partial charge is 0.0809 e. The Morgan fingerprint density at radius 3 is 0.963 bits per heavy atom. The number of hydrogen-bond donors (Lipinski definition) is 0. The molecule has 0 aliphatic rings. The molecule has 17 aromatic rings. The van der Waals surface area contributed by atoms with Gasteiger partial charge in [0.25, 0.3) is 0 Å². The van der Waals surface area contributed by atoms with Crippen molar-refractivity contribution in [1.82, 2.24) is 28.2 Å². The van der Waals surface area contributed by atoms with Crippen LogP contribution in [0.4, 0.5) is 0 Å². The number of aromatic nitrogens is 6. The number of pyridine rings is 2. The van der Waals surface area contributed by atoms with Gasteiger partial charge in [-0.15, -0.1) is 0 Å². The minimum Gasteiger partial charge on any atom is -0.309 e. The summed E-state index contributed by atoms with van der Waals surface area (Å²) in [7, 11) is 0. The Kier molecular flexibility index (Phi) is 10.5. The van der Waals surface area contributed by atoms with Crippen LogP contribution in [0, 0.1) is 0 Å². The first-order valence-corrected chi connectivity index (χ1v) is 27.2. The third-order valence-electron chi connectivity index (χ3n) is 16.1. The third-order valence-corrected chi connectivity index (χ3v) is 16.1. The first kappa shape index (κ1) is 45.4. The summed E-state index contributed by atoms with van der Waals surface area (Å²) in [6.45, 7) is 0. The average molecular weight is 1020 g/mol. The quantitative estimate of drug-likeness (QED) is 0.167. The van der Waals surface area contributed by atoms with Crippen LogP contribution in [0.2, 0.25) is 0 Å². The molecule has 0 radical (unpaired) electrons. The number of benzene rings is 11. The highest BCUT2D eigenvalue weighted by Gasteiger charge is 2.24. The lowest BCUT2D eigenvalue weighted by Gasteiger charge is -2.11. The topological polar surface area (TPSA) is 45.5 Å². The molecule has 0 saturated heterocycles. The van der Waals surface area contributed by atoms with Gasteiger partial charge >= 0.3 is 0 Å². The Labute approximate surface area is 460 Å². The number of para-hydroxylation sites is 7. The first-order valence-electron chi connectivity index (χ1n) is 27.2. The van der Waals surface area contributed by atoms with Crippen molar-refractivity contribution < 1.29 is 0 Å². The van der Waals surface area contributed by atoms with E-state index in [0.29, 0.717) is 0 Å². The molecule has 0 amide bonds. The van der Waals surface area contributed by atoms with Gasteiger partial charge in [-0.05, 0) is 108 Å². The van der Waals surface area contributed by atoms with Gasteiger partial charge in [-0.2, -0.15) is 0 Å². The van der Waals surface area contributed by atoms with E-state index in [1.807, 2.05) is 12.4 Å². The van der Waals surface area contributed by atoms with Crippen molar-refractivity contribution in [1.29, 1.82) is 0 Å². The summed E-state index contributed by atoms with van der Waals surface area (Å²) in [4.78, 5) is 10.1. The highest BCUT2D eigenvalue weighted by atomic mass is 15.0. The molecule has 80 heavy (non-hydrogen) atoms. The Morgan fingerprint density at radius 1 is 0.212 bits per heavy atom. The van der Waals surface area contributed by atoms with Crippen LogP contribution >= 0.6 is 0 Å². The lowest BCUT2D eigenvalue weighted by molar-refractivity contribution is 1.17. The molecule has 6 aromatic heterocycles. The highest BCUT2D eigenvalue weighted by molar-refractivity contribution is 6.23. The van der Waals surface area contributed by atoms with Crippen molar-refractivity contribution in [2.75, 3.05) is 0 Å². The zero-order chi connectivity index (χ0) is 52.7. The van der Waals surface area contributed by atoms with Crippen LogP contribution in [0.25, 0.3) is 143 Å². The molecule has 6 nitrogen and oxygen atoms in total. The number of fused-ring (bicyclic) bond motifs is 13. The molecule has 0 bridgehead atoms. The molecule has 0 saturated carbocycles. The Morgan fingerprint density at radius 2 is 0.537 bits per heavy atom. The van der Waals surface area contributed by atoms with E-state index in [0.717, 1.165) is 56.3 Å². The van der Waals surface area contributed by atoms with Gasteiger partial charge in [0.15, 0.2) is 0 Å². The van der Waals surface area contributed by atoms with E-state index in [1.54, 1.807) is 0 Å². The van der Waals surface area contributed by atoms with Gasteiger partial charge in [0.1, 0.15) is 0 Å². The van der Waals surface area contributed by atoms with Gasteiger partial charge in [-0.25, -0.2) is 0 Å². The molecule has 0 unspecified atom stereocenters. The maximum Gasteiger partial charge on any atom is 0.0809 e. The van der Waals surface area contributed by atoms with Crippen LogP contribution in [0.5, 0.6) is 0 Å². The highest BCUT2D eigenvalue weighted by Crippen LogP contribution is 2.45. The second kappa shape index (κ2) is 18.4. The van der Waals surface area contributed by atoms with Crippen LogP contribution in [-0.2, 0) is 0 Å². The number of rotatable bonds is 6. The van der Waals surface area contributed by atoms with Gasteiger partial charge in [0, 0.05) is 89.4 Å². The lowest BCUT2D eigenvalue weighted by atomic mass is 10.00. The lowest BCUT2D eigenvalue weighted by Crippen LogP contribution is -1.94. The Hall–Kier alpha value is -10.8. The molecule has 0 aliphatic carbocycles. The number of nitrogens with zero attached hydrogens (tertiary/aromatic N) is 6. The van der Waals surface area contributed by atoms with Crippen LogP contribution < -0.4 is 0 Å². The summed E-state index contributed by atoms with van der Waals surface area (Å²) >= 11 is 0. The maximum absolute atomic E-state index is 5.09. The second-order valence-corrected chi connectivity index (χ2v) is 20.5. The van der Waals surface area contributed by atoms with Gasteiger partial charge in [0.2, 0.25) is 0 Å². The Bertz CT molecular complexity index is 5080. The maximum atomic E-state index is 5.09. The summed E-state index contributed by atoms with van der Waals surface area (Å²) < 4.78 is 9.47. The molecule has 374 valence electrons. The van der Waals surface area contributed by atoms with Crippen molar-refractivity contribution in [2.45, 2.75) is 0 Å². The van der Waals surface area contributed by atoms with Crippen LogP contribution in [0.3, 0.4) is 0 Å². The predicted octanol–water partition coefficient (Wildman–Crippen LogP) is 19.0. The molecule has 17 rings (SSSR count). The summed E-state index contributed by atoms with van der Waals surface area (Å²) in [5.74, 6) is 0. The van der Waals surface area contributed by atoms with E-state index in [4.69, 9.17) is 9.97 Å². The van der Waals surface area contributed by atoms with Gasteiger partial charge < -0.3 is 18.3 Å². The summed E-state index contributed by atoms with van der Waals surface area (Å²) in [6, 6.07) is 99.4. The summed E-state index contributed by atoms with van der Waals surface area (Å²) in [6.07, 6.45) is 3.91. The monoisotopic (exact) mass is 1020 g/mol. The van der Waals surface area contributed by atoms with E-state index in [9.17, 15) is 0 Å². The second-order valence-electron chi connectivity index (χ2n) is 20.5. The van der Waals surface area contributed by atoms with E-state index in [2.05, 4.69) is 297 Å². The van der Waals surface area contributed by atoms with Crippen molar-refractivity contribution in [3.05, 3.63) is 291 Å². The molecule has 0 spiro atoms. The zero-order valence-electron chi connectivity index (χ0n) is 43.4.